The molecule has 0 radical (unpaired) electrons. The Bertz CT molecular complexity index is 357. The molecule has 0 unspecified atom stereocenters. The van der Waals surface area contributed by atoms with Crippen LogP contribution >= 0.6 is 15.9 Å². The molecule has 1 aromatic carbocycles. The molecule has 0 aliphatic carbocycles. The Kier molecular flexibility index (Phi) is 5.46. The summed E-state index contributed by atoms with van der Waals surface area (Å²) in [7, 11) is 0. The molecule has 16 heavy (non-hydrogen) atoms. The van der Waals surface area contributed by atoms with Crippen molar-refractivity contribution in [3.8, 4) is 0 Å². The van der Waals surface area contributed by atoms with Crippen LogP contribution in [0.5, 0.6) is 0 Å². The van der Waals surface area contributed by atoms with Gasteiger partial charge in [0.05, 0.1) is 0 Å². The van der Waals surface area contributed by atoms with Gasteiger partial charge in [-0.15, -0.1) is 0 Å². The number of hydrogen-bond acceptors (Lipinski definition) is 1. The summed E-state index contributed by atoms with van der Waals surface area (Å²) in [6.45, 7) is 3.04. The maximum atomic E-state index is 13.0. The molecule has 0 bridgehead atoms. The third kappa shape index (κ3) is 3.93. The normalized spacial score (nSPS) is 10.2. The van der Waals surface area contributed by atoms with E-state index in [9.17, 15) is 9.18 Å². The van der Waals surface area contributed by atoms with Crippen LogP contribution in [0.2, 0.25) is 0 Å². The highest BCUT2D eigenvalue weighted by molar-refractivity contribution is 9.09. The zero-order valence-corrected chi connectivity index (χ0v) is 10.8. The first-order chi connectivity index (χ1) is 7.67. The maximum Gasteiger partial charge on any atom is 0.223 e. The summed E-state index contributed by atoms with van der Waals surface area (Å²) in [5, 5.41) is 0.658. The van der Waals surface area contributed by atoms with Crippen molar-refractivity contribution in [2.45, 2.75) is 19.9 Å². The first-order valence-corrected chi connectivity index (χ1v) is 6.37. The first kappa shape index (κ1) is 13.2. The number of benzene rings is 1. The molecule has 2 nitrogen and oxygen atoms in total. The molecule has 0 heterocycles. The smallest absolute Gasteiger partial charge is 0.223 e. The van der Waals surface area contributed by atoms with Crippen molar-refractivity contribution in [3.05, 3.63) is 35.6 Å². The van der Waals surface area contributed by atoms with Crippen LogP contribution in [0.4, 0.5) is 4.39 Å². The van der Waals surface area contributed by atoms with Crippen LogP contribution in [0.25, 0.3) is 0 Å². The van der Waals surface area contributed by atoms with E-state index in [1.807, 2.05) is 13.0 Å². The predicted molar refractivity (Wildman–Crippen MR) is 65.9 cm³/mol. The minimum atomic E-state index is -0.263. The van der Waals surface area contributed by atoms with E-state index in [1.165, 1.54) is 12.1 Å². The van der Waals surface area contributed by atoms with Gasteiger partial charge in [-0.1, -0.05) is 28.1 Å². The summed E-state index contributed by atoms with van der Waals surface area (Å²) in [6, 6.07) is 6.35. The van der Waals surface area contributed by atoms with E-state index in [1.54, 1.807) is 11.0 Å². The molecular weight excluding hydrogens is 273 g/mol. The van der Waals surface area contributed by atoms with E-state index in [0.29, 0.717) is 24.8 Å². The molecule has 0 N–H and O–H groups in total. The van der Waals surface area contributed by atoms with Gasteiger partial charge in [0.2, 0.25) is 5.91 Å². The summed E-state index contributed by atoms with van der Waals surface area (Å²) >= 11 is 3.24. The number of rotatable bonds is 5. The largest absolute Gasteiger partial charge is 0.339 e. The molecule has 0 atom stereocenters. The minimum absolute atomic E-state index is 0.0867. The molecule has 4 heteroatoms. The second-order valence-corrected chi connectivity index (χ2v) is 4.27. The molecule has 0 aliphatic heterocycles. The van der Waals surface area contributed by atoms with Gasteiger partial charge >= 0.3 is 0 Å². The van der Waals surface area contributed by atoms with Gasteiger partial charge < -0.3 is 4.90 Å². The van der Waals surface area contributed by atoms with E-state index in [-0.39, 0.29) is 11.7 Å². The molecule has 1 rings (SSSR count). The molecular formula is C12H15BrFNO. The lowest BCUT2D eigenvalue weighted by molar-refractivity contribution is -0.131. The number of alkyl halides is 1. The second kappa shape index (κ2) is 6.63. The van der Waals surface area contributed by atoms with Crippen molar-refractivity contribution in [3.63, 3.8) is 0 Å². The lowest BCUT2D eigenvalue weighted by Crippen LogP contribution is -2.30. The molecule has 0 saturated heterocycles. The molecule has 0 aromatic heterocycles. The van der Waals surface area contributed by atoms with Crippen LogP contribution in [-0.2, 0) is 11.3 Å². The Balaban J connectivity index is 2.66. The summed E-state index contributed by atoms with van der Waals surface area (Å²) < 4.78 is 13.0. The van der Waals surface area contributed by atoms with Crippen molar-refractivity contribution < 1.29 is 9.18 Å². The van der Waals surface area contributed by atoms with Crippen molar-refractivity contribution in [2.75, 3.05) is 11.9 Å². The average molecular weight is 288 g/mol. The van der Waals surface area contributed by atoms with Gasteiger partial charge in [0.1, 0.15) is 5.82 Å². The van der Waals surface area contributed by atoms with Crippen molar-refractivity contribution in [1.29, 1.82) is 0 Å². The Hall–Kier alpha value is -0.900. The number of halogens is 2. The van der Waals surface area contributed by atoms with Crippen molar-refractivity contribution in [2.24, 2.45) is 0 Å². The van der Waals surface area contributed by atoms with Crippen LogP contribution in [-0.4, -0.2) is 22.7 Å². The molecule has 0 saturated carbocycles. The van der Waals surface area contributed by atoms with Gasteiger partial charge in [-0.3, -0.25) is 4.79 Å². The number of carbonyl (C=O) groups excluding carboxylic acids is 1. The van der Waals surface area contributed by atoms with Crippen LogP contribution in [0, 0.1) is 5.82 Å². The summed E-state index contributed by atoms with van der Waals surface area (Å²) in [4.78, 5) is 13.4. The van der Waals surface area contributed by atoms with Crippen LogP contribution in [0.15, 0.2) is 24.3 Å². The van der Waals surface area contributed by atoms with Crippen LogP contribution in [0.1, 0.15) is 18.9 Å². The highest BCUT2D eigenvalue weighted by Crippen LogP contribution is 2.08. The van der Waals surface area contributed by atoms with E-state index in [4.69, 9.17) is 0 Å². The SMILES string of the molecule is CCN(Cc1cccc(F)c1)C(=O)CCBr. The quantitative estimate of drug-likeness (QED) is 0.763. The second-order valence-electron chi connectivity index (χ2n) is 3.48. The fraction of sp³-hybridized carbons (Fsp3) is 0.417. The molecule has 1 aromatic rings. The Morgan fingerprint density at radius 1 is 1.50 bits per heavy atom. The molecule has 0 spiro atoms. The Labute approximate surface area is 104 Å². The summed E-state index contributed by atoms with van der Waals surface area (Å²) in [5.74, 6) is -0.176. The number of hydrogen-bond donors (Lipinski definition) is 0. The van der Waals surface area contributed by atoms with Crippen molar-refractivity contribution >= 4 is 21.8 Å². The van der Waals surface area contributed by atoms with Gasteiger partial charge in [0.25, 0.3) is 0 Å². The number of carbonyl (C=O) groups is 1. The van der Waals surface area contributed by atoms with Crippen molar-refractivity contribution in [1.82, 2.24) is 4.90 Å². The monoisotopic (exact) mass is 287 g/mol. The van der Waals surface area contributed by atoms with Gasteiger partial charge in [0.15, 0.2) is 0 Å². The minimum Gasteiger partial charge on any atom is -0.339 e. The number of nitrogens with zero attached hydrogens (tertiary/aromatic N) is 1. The van der Waals surface area contributed by atoms with Crippen LogP contribution in [0.3, 0.4) is 0 Å². The molecule has 1 amide bonds. The zero-order chi connectivity index (χ0) is 12.0. The maximum absolute atomic E-state index is 13.0. The van der Waals surface area contributed by atoms with Gasteiger partial charge in [0, 0.05) is 24.8 Å². The Morgan fingerprint density at radius 3 is 2.81 bits per heavy atom. The number of amides is 1. The van der Waals surface area contributed by atoms with E-state index in [2.05, 4.69) is 15.9 Å². The molecule has 0 aliphatic rings. The lowest BCUT2D eigenvalue weighted by atomic mass is 10.2. The van der Waals surface area contributed by atoms with E-state index < -0.39 is 0 Å². The molecule has 0 fully saturated rings. The summed E-state index contributed by atoms with van der Waals surface area (Å²) in [6.07, 6.45) is 0.475. The van der Waals surface area contributed by atoms with Crippen LogP contribution < -0.4 is 0 Å². The lowest BCUT2D eigenvalue weighted by Gasteiger charge is -2.20. The van der Waals surface area contributed by atoms with Gasteiger partial charge in [-0.05, 0) is 24.6 Å². The fourth-order valence-electron chi connectivity index (χ4n) is 1.47. The highest BCUT2D eigenvalue weighted by atomic mass is 79.9. The fourth-order valence-corrected chi connectivity index (χ4v) is 1.81. The van der Waals surface area contributed by atoms with E-state index in [0.717, 1.165) is 5.56 Å². The standard InChI is InChI=1S/C12H15BrFNO/c1-2-15(12(16)6-7-13)9-10-4-3-5-11(14)8-10/h3-5,8H,2,6-7,9H2,1H3. The topological polar surface area (TPSA) is 20.3 Å². The third-order valence-electron chi connectivity index (χ3n) is 2.31. The van der Waals surface area contributed by atoms with Gasteiger partial charge in [-0.25, -0.2) is 4.39 Å². The molecule has 88 valence electrons. The van der Waals surface area contributed by atoms with Gasteiger partial charge in [-0.2, -0.15) is 0 Å². The highest BCUT2D eigenvalue weighted by Gasteiger charge is 2.11. The Morgan fingerprint density at radius 2 is 2.25 bits per heavy atom. The van der Waals surface area contributed by atoms with E-state index >= 15 is 0 Å². The first-order valence-electron chi connectivity index (χ1n) is 5.25. The predicted octanol–water partition coefficient (Wildman–Crippen LogP) is 2.96. The average Bonchev–Trinajstić information content (AvgIpc) is 2.26. The summed E-state index contributed by atoms with van der Waals surface area (Å²) in [5.41, 5.74) is 0.824. The third-order valence-corrected chi connectivity index (χ3v) is 2.70. The zero-order valence-electron chi connectivity index (χ0n) is 9.25.